The van der Waals surface area contributed by atoms with Crippen LogP contribution in [0.3, 0.4) is 0 Å². The van der Waals surface area contributed by atoms with Gasteiger partial charge in [0.15, 0.2) is 11.5 Å². The lowest BCUT2D eigenvalue weighted by molar-refractivity contribution is 0.258. The summed E-state index contributed by atoms with van der Waals surface area (Å²) in [7, 11) is 0. The highest BCUT2D eigenvalue weighted by molar-refractivity contribution is 5.50. The highest BCUT2D eigenvalue weighted by Crippen LogP contribution is 2.35. The molecule has 1 aromatic carbocycles. The number of aliphatic hydroxyl groups excluding tert-OH is 1. The number of ether oxygens (including phenoxy) is 3. The zero-order valence-corrected chi connectivity index (χ0v) is 10.7. The zero-order chi connectivity index (χ0) is 12.7. The lowest BCUT2D eigenvalue weighted by atomic mass is 10.2. The lowest BCUT2D eigenvalue weighted by Gasteiger charge is -2.15. The van der Waals surface area contributed by atoms with Crippen molar-refractivity contribution in [1.82, 2.24) is 0 Å². The Hall–Kier alpha value is -1.42. The van der Waals surface area contributed by atoms with Crippen molar-refractivity contribution in [2.75, 3.05) is 19.8 Å². The molecular weight excluding hydrogens is 220 g/mol. The number of rotatable bonds is 7. The lowest BCUT2D eigenvalue weighted by Crippen LogP contribution is -2.02. The average Bonchev–Trinajstić information content (AvgIpc) is 2.33. The molecule has 1 rings (SSSR count). The van der Waals surface area contributed by atoms with Crippen molar-refractivity contribution in [3.63, 3.8) is 0 Å². The fourth-order valence-electron chi connectivity index (χ4n) is 1.53. The molecule has 0 atom stereocenters. The average molecular weight is 240 g/mol. The van der Waals surface area contributed by atoms with E-state index in [-0.39, 0.29) is 6.61 Å². The molecule has 0 heterocycles. The van der Waals surface area contributed by atoms with Crippen LogP contribution in [0.2, 0.25) is 0 Å². The van der Waals surface area contributed by atoms with E-state index < -0.39 is 0 Å². The minimum absolute atomic E-state index is 0.0815. The third-order valence-corrected chi connectivity index (χ3v) is 2.20. The molecule has 1 aromatic rings. The molecule has 0 fully saturated rings. The molecule has 17 heavy (non-hydrogen) atoms. The fourth-order valence-corrected chi connectivity index (χ4v) is 1.53. The van der Waals surface area contributed by atoms with Gasteiger partial charge < -0.3 is 19.3 Å². The fraction of sp³-hybridized carbons (Fsp3) is 0.538. The second-order valence-electron chi connectivity index (χ2n) is 3.36. The minimum Gasteiger partial charge on any atom is -0.493 e. The van der Waals surface area contributed by atoms with Gasteiger partial charge in [0.25, 0.3) is 0 Å². The van der Waals surface area contributed by atoms with Crippen molar-refractivity contribution in [2.45, 2.75) is 27.4 Å². The predicted octanol–water partition coefficient (Wildman–Crippen LogP) is 2.38. The third kappa shape index (κ3) is 3.53. The zero-order valence-electron chi connectivity index (χ0n) is 10.7. The standard InChI is InChI=1S/C13H20O4/c1-4-15-11-8-13(17-6-3)12(16-5-2)7-10(11)9-14/h7-8,14H,4-6,9H2,1-3H3. The van der Waals surface area contributed by atoms with E-state index in [0.717, 1.165) is 0 Å². The van der Waals surface area contributed by atoms with Gasteiger partial charge in [-0.3, -0.25) is 0 Å². The Balaban J connectivity index is 3.11. The Bertz CT molecular complexity index is 350. The highest BCUT2D eigenvalue weighted by atomic mass is 16.5. The molecule has 4 nitrogen and oxygen atoms in total. The van der Waals surface area contributed by atoms with Gasteiger partial charge in [-0.05, 0) is 26.8 Å². The van der Waals surface area contributed by atoms with E-state index in [2.05, 4.69) is 0 Å². The van der Waals surface area contributed by atoms with Crippen molar-refractivity contribution >= 4 is 0 Å². The van der Waals surface area contributed by atoms with Crippen molar-refractivity contribution in [3.05, 3.63) is 17.7 Å². The van der Waals surface area contributed by atoms with Crippen LogP contribution >= 0.6 is 0 Å². The minimum atomic E-state index is -0.0815. The molecule has 0 aliphatic carbocycles. The van der Waals surface area contributed by atoms with Crippen LogP contribution in [0.5, 0.6) is 17.2 Å². The van der Waals surface area contributed by atoms with E-state index in [9.17, 15) is 5.11 Å². The van der Waals surface area contributed by atoms with Crippen LogP contribution in [-0.4, -0.2) is 24.9 Å². The van der Waals surface area contributed by atoms with Crippen LogP contribution in [-0.2, 0) is 6.61 Å². The summed E-state index contributed by atoms with van der Waals surface area (Å²) < 4.78 is 16.4. The van der Waals surface area contributed by atoms with E-state index in [1.54, 1.807) is 12.1 Å². The highest BCUT2D eigenvalue weighted by Gasteiger charge is 2.12. The van der Waals surface area contributed by atoms with Crippen molar-refractivity contribution in [3.8, 4) is 17.2 Å². The summed E-state index contributed by atoms with van der Waals surface area (Å²) in [6.07, 6.45) is 0. The summed E-state index contributed by atoms with van der Waals surface area (Å²) in [6.45, 7) is 7.30. The largest absolute Gasteiger partial charge is 0.493 e. The van der Waals surface area contributed by atoms with Gasteiger partial charge in [-0.1, -0.05) is 0 Å². The molecule has 0 saturated carbocycles. The topological polar surface area (TPSA) is 47.9 Å². The molecule has 1 N–H and O–H groups in total. The van der Waals surface area contributed by atoms with Gasteiger partial charge in [0.1, 0.15) is 5.75 Å². The second kappa shape index (κ2) is 7.01. The maximum Gasteiger partial charge on any atom is 0.164 e. The summed E-state index contributed by atoms with van der Waals surface area (Å²) in [5.74, 6) is 1.93. The van der Waals surface area contributed by atoms with Crippen molar-refractivity contribution in [2.24, 2.45) is 0 Å². The Kier molecular flexibility index (Phi) is 5.63. The Morgan fingerprint density at radius 1 is 0.824 bits per heavy atom. The monoisotopic (exact) mass is 240 g/mol. The third-order valence-electron chi connectivity index (χ3n) is 2.20. The molecule has 0 unspecified atom stereocenters. The first-order valence-corrected chi connectivity index (χ1v) is 5.92. The molecule has 0 aliphatic heterocycles. The van der Waals surface area contributed by atoms with E-state index >= 15 is 0 Å². The van der Waals surface area contributed by atoms with Crippen molar-refractivity contribution < 1.29 is 19.3 Å². The molecule has 0 bridgehead atoms. The first-order valence-electron chi connectivity index (χ1n) is 5.92. The van der Waals surface area contributed by atoms with E-state index in [4.69, 9.17) is 14.2 Å². The molecule has 0 amide bonds. The van der Waals surface area contributed by atoms with Crippen LogP contribution in [0.15, 0.2) is 12.1 Å². The molecule has 96 valence electrons. The second-order valence-corrected chi connectivity index (χ2v) is 3.36. The normalized spacial score (nSPS) is 10.1. The molecule has 0 radical (unpaired) electrons. The number of hydrogen-bond acceptors (Lipinski definition) is 4. The first-order chi connectivity index (χ1) is 8.26. The maximum atomic E-state index is 9.28. The van der Waals surface area contributed by atoms with Crippen LogP contribution in [0, 0.1) is 0 Å². The SMILES string of the molecule is CCOc1cc(OCC)c(OCC)cc1CO. The summed E-state index contributed by atoms with van der Waals surface area (Å²) in [5.41, 5.74) is 0.707. The van der Waals surface area contributed by atoms with Gasteiger partial charge in [-0.2, -0.15) is 0 Å². The Morgan fingerprint density at radius 3 is 1.76 bits per heavy atom. The van der Waals surface area contributed by atoms with Crippen LogP contribution < -0.4 is 14.2 Å². The molecule has 0 aliphatic rings. The molecular formula is C13H20O4. The van der Waals surface area contributed by atoms with Gasteiger partial charge in [-0.25, -0.2) is 0 Å². The van der Waals surface area contributed by atoms with E-state index in [1.165, 1.54) is 0 Å². The summed E-state index contributed by atoms with van der Waals surface area (Å²) in [5, 5.41) is 9.28. The first kappa shape index (κ1) is 13.6. The van der Waals surface area contributed by atoms with Gasteiger partial charge in [-0.15, -0.1) is 0 Å². The van der Waals surface area contributed by atoms with Gasteiger partial charge in [0, 0.05) is 11.6 Å². The van der Waals surface area contributed by atoms with Crippen molar-refractivity contribution in [1.29, 1.82) is 0 Å². The van der Waals surface area contributed by atoms with Crippen LogP contribution in [0.4, 0.5) is 0 Å². The van der Waals surface area contributed by atoms with Crippen LogP contribution in [0.25, 0.3) is 0 Å². The summed E-state index contributed by atoms with van der Waals surface area (Å²) in [4.78, 5) is 0. The number of hydrogen-bond donors (Lipinski definition) is 1. The number of aliphatic hydroxyl groups is 1. The van der Waals surface area contributed by atoms with Crippen LogP contribution in [0.1, 0.15) is 26.3 Å². The quantitative estimate of drug-likeness (QED) is 0.795. The van der Waals surface area contributed by atoms with Gasteiger partial charge in [0.2, 0.25) is 0 Å². The molecule has 0 saturated heterocycles. The predicted molar refractivity (Wildman–Crippen MR) is 65.9 cm³/mol. The van der Waals surface area contributed by atoms with Gasteiger partial charge >= 0.3 is 0 Å². The molecule has 4 heteroatoms. The summed E-state index contributed by atoms with van der Waals surface area (Å²) >= 11 is 0. The maximum absolute atomic E-state index is 9.28. The Labute approximate surface area is 102 Å². The Morgan fingerprint density at radius 2 is 1.29 bits per heavy atom. The number of benzene rings is 1. The van der Waals surface area contributed by atoms with E-state index in [1.807, 2.05) is 20.8 Å². The molecule has 0 aromatic heterocycles. The van der Waals surface area contributed by atoms with E-state index in [0.29, 0.717) is 42.6 Å². The van der Waals surface area contributed by atoms with Gasteiger partial charge in [0.05, 0.1) is 26.4 Å². The molecule has 0 spiro atoms. The summed E-state index contributed by atoms with van der Waals surface area (Å²) in [6, 6.07) is 3.53. The smallest absolute Gasteiger partial charge is 0.164 e.